The lowest BCUT2D eigenvalue weighted by atomic mass is 9.59. The molecule has 0 fully saturated rings. The van der Waals surface area contributed by atoms with Crippen molar-refractivity contribution in [1.82, 2.24) is 4.98 Å². The van der Waals surface area contributed by atoms with Gasteiger partial charge in [-0.15, -0.1) is 0 Å². The zero-order valence-electron chi connectivity index (χ0n) is 15.9. The number of anilines is 2. The van der Waals surface area contributed by atoms with Crippen LogP contribution in [0.5, 0.6) is 0 Å². The summed E-state index contributed by atoms with van der Waals surface area (Å²) in [6, 6.07) is 3.55. The van der Waals surface area contributed by atoms with Crippen LogP contribution in [0.2, 0.25) is 0 Å². The van der Waals surface area contributed by atoms with Crippen molar-refractivity contribution < 1.29 is 8.78 Å². The quantitative estimate of drug-likeness (QED) is 0.591. The minimum Gasteiger partial charge on any atom is -0.329 e. The summed E-state index contributed by atoms with van der Waals surface area (Å²) in [5.74, 6) is -0.180. The number of thiazole rings is 1. The number of rotatable bonds is 3. The summed E-state index contributed by atoms with van der Waals surface area (Å²) >= 11 is 1.57. The number of aromatic nitrogens is 1. The van der Waals surface area contributed by atoms with Crippen molar-refractivity contribution in [3.05, 3.63) is 58.6 Å². The molecule has 0 spiro atoms. The number of nitrogens with one attached hydrogen (secondary N) is 1. The van der Waals surface area contributed by atoms with Crippen LogP contribution in [0.4, 0.5) is 19.6 Å². The molecule has 4 rings (SSSR count). The molecule has 0 amide bonds. The van der Waals surface area contributed by atoms with Gasteiger partial charge >= 0.3 is 0 Å². The lowest BCUT2D eigenvalue weighted by Crippen LogP contribution is -2.36. The second-order valence-electron chi connectivity index (χ2n) is 8.17. The van der Waals surface area contributed by atoms with Crippen LogP contribution in [0.15, 0.2) is 36.4 Å². The minimum atomic E-state index is -0.609. The van der Waals surface area contributed by atoms with Gasteiger partial charge in [0.2, 0.25) is 0 Å². The summed E-state index contributed by atoms with van der Waals surface area (Å²) in [6.45, 7) is 10.9. The highest BCUT2D eigenvalue weighted by Crippen LogP contribution is 2.57. The Morgan fingerprint density at radius 2 is 2.15 bits per heavy atom. The molecule has 3 atom stereocenters. The van der Waals surface area contributed by atoms with Crippen LogP contribution in [0.25, 0.3) is 5.57 Å². The number of hydrogen-bond donors (Lipinski definition) is 1. The van der Waals surface area contributed by atoms with Gasteiger partial charge in [0, 0.05) is 6.07 Å². The number of halogens is 2. The number of nitrogens with zero attached hydrogens (tertiary/aromatic N) is 1. The number of benzene rings is 1. The van der Waals surface area contributed by atoms with E-state index in [0.29, 0.717) is 17.0 Å². The molecule has 2 aliphatic rings. The fourth-order valence-electron chi connectivity index (χ4n) is 4.37. The molecule has 27 heavy (non-hydrogen) atoms. The molecular weight excluding hydrogens is 362 g/mol. The van der Waals surface area contributed by atoms with Gasteiger partial charge in [0.05, 0.1) is 16.3 Å². The second kappa shape index (κ2) is 6.55. The molecule has 0 saturated heterocycles. The molecule has 0 radical (unpaired) electrons. The molecule has 1 N–H and O–H groups in total. The number of allylic oxidation sites excluding steroid dienone is 3. The molecule has 1 aromatic heterocycles. The summed E-state index contributed by atoms with van der Waals surface area (Å²) in [6.07, 6.45) is 5.40. The van der Waals surface area contributed by atoms with Crippen molar-refractivity contribution in [2.75, 3.05) is 5.32 Å². The van der Waals surface area contributed by atoms with Crippen LogP contribution in [0, 0.1) is 28.9 Å². The number of fused-ring (bicyclic) bond motifs is 3. The first-order chi connectivity index (χ1) is 12.8. The third-order valence-electron chi connectivity index (χ3n) is 6.29. The smallest absolute Gasteiger partial charge is 0.188 e. The largest absolute Gasteiger partial charge is 0.329 e. The van der Waals surface area contributed by atoms with Gasteiger partial charge in [0.25, 0.3) is 0 Å². The highest BCUT2D eigenvalue weighted by Gasteiger charge is 2.45. The fourth-order valence-corrected chi connectivity index (χ4v) is 5.55. The lowest BCUT2D eigenvalue weighted by molar-refractivity contribution is 0.217. The topological polar surface area (TPSA) is 24.9 Å². The monoisotopic (exact) mass is 386 g/mol. The van der Waals surface area contributed by atoms with Crippen molar-refractivity contribution in [3.8, 4) is 0 Å². The lowest BCUT2D eigenvalue weighted by Gasteiger charge is -2.46. The van der Waals surface area contributed by atoms with E-state index in [0.717, 1.165) is 31.0 Å². The summed E-state index contributed by atoms with van der Waals surface area (Å²) in [7, 11) is 0. The molecule has 2 aromatic rings. The Hall–Kier alpha value is -2.01. The normalized spacial score (nSPS) is 26.8. The first-order valence-electron chi connectivity index (χ1n) is 9.36. The van der Waals surface area contributed by atoms with Crippen LogP contribution >= 0.6 is 11.3 Å². The van der Waals surface area contributed by atoms with Crippen LogP contribution in [0.3, 0.4) is 0 Å². The molecule has 1 heterocycles. The van der Waals surface area contributed by atoms with Crippen LogP contribution in [0.1, 0.15) is 44.2 Å². The van der Waals surface area contributed by atoms with Crippen molar-refractivity contribution in [1.29, 1.82) is 0 Å². The zero-order valence-corrected chi connectivity index (χ0v) is 16.7. The highest BCUT2D eigenvalue weighted by atomic mass is 32.1. The van der Waals surface area contributed by atoms with E-state index in [9.17, 15) is 8.78 Å². The maximum absolute atomic E-state index is 14.0. The number of hydrogen-bond acceptors (Lipinski definition) is 3. The molecule has 0 saturated carbocycles. The highest BCUT2D eigenvalue weighted by molar-refractivity contribution is 7.16. The van der Waals surface area contributed by atoms with Gasteiger partial charge in [-0.2, -0.15) is 0 Å². The Morgan fingerprint density at radius 3 is 2.85 bits per heavy atom. The predicted octanol–water partition coefficient (Wildman–Crippen LogP) is 6.73. The van der Waals surface area contributed by atoms with Gasteiger partial charge in [-0.1, -0.05) is 43.4 Å². The van der Waals surface area contributed by atoms with E-state index in [-0.39, 0.29) is 11.1 Å². The van der Waals surface area contributed by atoms with E-state index in [1.165, 1.54) is 28.2 Å². The Labute approximate surface area is 163 Å². The fraction of sp³-hybridized carbons (Fsp3) is 0.409. The zero-order chi connectivity index (χ0) is 19.3. The van der Waals surface area contributed by atoms with Crippen molar-refractivity contribution in [2.24, 2.45) is 17.3 Å². The third kappa shape index (κ3) is 3.12. The maximum atomic E-state index is 14.0. The van der Waals surface area contributed by atoms with E-state index >= 15 is 0 Å². The summed E-state index contributed by atoms with van der Waals surface area (Å²) in [5, 5.41) is 3.69. The standard InChI is InChI=1S/C22H24F2N2S/c1-12(2)14-5-7-16-20-19(9-13(3)22(16,4)11-14)26-21(27-20)25-18-8-6-15(23)10-17(18)24/h6-8,10,13-14H,1,5,9,11H2,2-4H3,(H,25,26)/t13-,14-,22+/m1/s1. The summed E-state index contributed by atoms with van der Waals surface area (Å²) in [5.41, 5.74) is 4.06. The van der Waals surface area contributed by atoms with Gasteiger partial charge in [-0.3, -0.25) is 0 Å². The Kier molecular flexibility index (Phi) is 4.46. The van der Waals surface area contributed by atoms with Gasteiger partial charge < -0.3 is 5.32 Å². The molecular formula is C22H24F2N2S. The van der Waals surface area contributed by atoms with E-state index in [1.807, 2.05) is 0 Å². The molecule has 1 aromatic carbocycles. The Bertz CT molecular complexity index is 946. The molecule has 142 valence electrons. The van der Waals surface area contributed by atoms with E-state index in [1.54, 1.807) is 11.3 Å². The van der Waals surface area contributed by atoms with E-state index < -0.39 is 11.6 Å². The average Bonchev–Trinajstić information content (AvgIpc) is 2.99. The van der Waals surface area contributed by atoms with Crippen molar-refractivity contribution >= 4 is 27.7 Å². The predicted molar refractivity (Wildman–Crippen MR) is 108 cm³/mol. The van der Waals surface area contributed by atoms with Crippen LogP contribution in [-0.2, 0) is 6.42 Å². The van der Waals surface area contributed by atoms with Gasteiger partial charge in [-0.25, -0.2) is 13.8 Å². The van der Waals surface area contributed by atoms with Gasteiger partial charge in [0.1, 0.15) is 11.6 Å². The molecule has 0 aliphatic heterocycles. The van der Waals surface area contributed by atoms with Crippen LogP contribution < -0.4 is 5.32 Å². The molecule has 5 heteroatoms. The van der Waals surface area contributed by atoms with Crippen molar-refractivity contribution in [3.63, 3.8) is 0 Å². The Balaban J connectivity index is 1.69. The van der Waals surface area contributed by atoms with Gasteiger partial charge in [0.15, 0.2) is 5.13 Å². The SMILES string of the molecule is C=C(C)[C@@H]1CC=C2c3sc(Nc4ccc(F)cc4F)nc3C[C@@H](C)[C@]2(C)C1. The van der Waals surface area contributed by atoms with Crippen LogP contribution in [-0.4, -0.2) is 4.98 Å². The van der Waals surface area contributed by atoms with Gasteiger partial charge in [-0.05, 0) is 61.1 Å². The molecule has 0 unspecified atom stereocenters. The summed E-state index contributed by atoms with van der Waals surface area (Å²) < 4.78 is 27.1. The molecule has 2 aliphatic carbocycles. The average molecular weight is 387 g/mol. The first kappa shape index (κ1) is 18.4. The minimum absolute atomic E-state index is 0.111. The molecule has 2 nitrogen and oxygen atoms in total. The maximum Gasteiger partial charge on any atom is 0.188 e. The van der Waals surface area contributed by atoms with Crippen molar-refractivity contribution in [2.45, 2.75) is 40.0 Å². The Morgan fingerprint density at radius 1 is 1.37 bits per heavy atom. The van der Waals surface area contributed by atoms with E-state index in [4.69, 9.17) is 4.98 Å². The summed E-state index contributed by atoms with van der Waals surface area (Å²) in [4.78, 5) is 5.93. The third-order valence-corrected chi connectivity index (χ3v) is 7.34. The molecule has 0 bridgehead atoms. The second-order valence-corrected chi connectivity index (χ2v) is 9.17. The van der Waals surface area contributed by atoms with E-state index in [2.05, 4.69) is 38.7 Å². The first-order valence-corrected chi connectivity index (χ1v) is 10.2.